The van der Waals surface area contributed by atoms with Crippen molar-refractivity contribution in [1.82, 2.24) is 5.32 Å². The average molecular weight is 329 g/mol. The number of carbonyl (C=O) groups is 2. The van der Waals surface area contributed by atoms with Gasteiger partial charge in [0, 0.05) is 13.0 Å². The molecule has 0 aromatic heterocycles. The van der Waals surface area contributed by atoms with Gasteiger partial charge in [-0.3, -0.25) is 4.79 Å². The van der Waals surface area contributed by atoms with Crippen molar-refractivity contribution in [2.45, 2.75) is 26.2 Å². The molecule has 2 aromatic rings. The number of amides is 1. The van der Waals surface area contributed by atoms with Crippen LogP contribution in [0.1, 0.15) is 33.5 Å². The number of nitrogens with one attached hydrogen (secondary N) is 1. The molecule has 0 aliphatic carbocycles. The van der Waals surface area contributed by atoms with E-state index in [1.165, 1.54) is 18.2 Å². The van der Waals surface area contributed by atoms with E-state index < -0.39 is 5.97 Å². The van der Waals surface area contributed by atoms with Crippen molar-refractivity contribution in [3.63, 3.8) is 0 Å². The van der Waals surface area contributed by atoms with Gasteiger partial charge in [-0.25, -0.2) is 9.18 Å². The molecule has 0 bridgehead atoms. The fourth-order valence-electron chi connectivity index (χ4n) is 2.56. The first kappa shape index (κ1) is 17.7. The van der Waals surface area contributed by atoms with Crippen molar-refractivity contribution in [2.24, 2.45) is 0 Å². The lowest BCUT2D eigenvalue weighted by atomic mass is 10.0. The van der Waals surface area contributed by atoms with Crippen LogP contribution in [0, 0.1) is 12.7 Å². The molecule has 0 radical (unpaired) electrons. The Kier molecular flexibility index (Phi) is 6.07. The summed E-state index contributed by atoms with van der Waals surface area (Å²) in [6, 6.07) is 11.3. The molecular weight excluding hydrogens is 309 g/mol. The summed E-state index contributed by atoms with van der Waals surface area (Å²) in [7, 11) is 0. The molecular formula is C19H20FNO3. The highest BCUT2D eigenvalue weighted by Crippen LogP contribution is 2.12. The summed E-state index contributed by atoms with van der Waals surface area (Å²) < 4.78 is 13.0. The lowest BCUT2D eigenvalue weighted by molar-refractivity contribution is -0.121. The first-order valence-corrected chi connectivity index (χ1v) is 7.80. The van der Waals surface area contributed by atoms with Gasteiger partial charge in [0.25, 0.3) is 0 Å². The van der Waals surface area contributed by atoms with Gasteiger partial charge in [-0.1, -0.05) is 24.3 Å². The molecule has 0 heterocycles. The molecule has 4 nitrogen and oxygen atoms in total. The molecule has 0 aliphatic rings. The highest BCUT2D eigenvalue weighted by molar-refractivity contribution is 5.89. The van der Waals surface area contributed by atoms with Gasteiger partial charge in [0.15, 0.2) is 0 Å². The van der Waals surface area contributed by atoms with E-state index in [4.69, 9.17) is 5.11 Å². The summed E-state index contributed by atoms with van der Waals surface area (Å²) in [6.45, 7) is 2.30. The van der Waals surface area contributed by atoms with Gasteiger partial charge < -0.3 is 10.4 Å². The molecule has 5 heteroatoms. The van der Waals surface area contributed by atoms with Crippen LogP contribution in [0.3, 0.4) is 0 Å². The van der Waals surface area contributed by atoms with Crippen molar-refractivity contribution < 1.29 is 19.1 Å². The van der Waals surface area contributed by atoms with Gasteiger partial charge in [0.05, 0.1) is 5.56 Å². The molecule has 0 atom stereocenters. The molecule has 2 aromatic carbocycles. The zero-order chi connectivity index (χ0) is 17.5. The van der Waals surface area contributed by atoms with Gasteiger partial charge in [-0.2, -0.15) is 0 Å². The van der Waals surface area contributed by atoms with Crippen LogP contribution in [0.2, 0.25) is 0 Å². The van der Waals surface area contributed by atoms with Gasteiger partial charge in [-0.05, 0) is 54.7 Å². The van der Waals surface area contributed by atoms with E-state index in [9.17, 15) is 14.0 Å². The highest BCUT2D eigenvalue weighted by Gasteiger charge is 2.10. The number of aryl methyl sites for hydroxylation is 2. The lowest BCUT2D eigenvalue weighted by Gasteiger charge is -2.09. The zero-order valence-corrected chi connectivity index (χ0v) is 13.5. The second kappa shape index (κ2) is 8.24. The zero-order valence-electron chi connectivity index (χ0n) is 13.5. The standard InChI is InChI=1S/C19H20FNO3/c1-13-12-16(20)8-6-14(13)10-11-21-18(22)9-7-15-4-2-3-5-17(15)19(23)24/h2-6,8,12H,7,9-11H2,1H3,(H,21,22)(H,23,24). The Morgan fingerprint density at radius 2 is 1.83 bits per heavy atom. The minimum Gasteiger partial charge on any atom is -0.478 e. The normalized spacial score (nSPS) is 10.4. The van der Waals surface area contributed by atoms with Crippen molar-refractivity contribution in [2.75, 3.05) is 6.54 Å². The molecule has 126 valence electrons. The van der Waals surface area contributed by atoms with E-state index in [2.05, 4.69) is 5.32 Å². The Hall–Kier alpha value is -2.69. The van der Waals surface area contributed by atoms with Crippen LogP contribution in [0.4, 0.5) is 4.39 Å². The summed E-state index contributed by atoms with van der Waals surface area (Å²) >= 11 is 0. The van der Waals surface area contributed by atoms with Crippen LogP contribution in [0.5, 0.6) is 0 Å². The first-order chi connectivity index (χ1) is 11.5. The van der Waals surface area contributed by atoms with Crippen LogP contribution in [0.25, 0.3) is 0 Å². The third-order valence-corrected chi connectivity index (χ3v) is 3.89. The number of halogens is 1. The summed E-state index contributed by atoms with van der Waals surface area (Å²) in [4.78, 5) is 23.0. The second-order valence-corrected chi connectivity index (χ2v) is 5.63. The number of hydrogen-bond donors (Lipinski definition) is 2. The Morgan fingerprint density at radius 1 is 1.08 bits per heavy atom. The molecule has 2 N–H and O–H groups in total. The fourth-order valence-corrected chi connectivity index (χ4v) is 2.56. The maximum Gasteiger partial charge on any atom is 0.335 e. The predicted octanol–water partition coefficient (Wildman–Crippen LogP) is 3.12. The fraction of sp³-hybridized carbons (Fsp3) is 0.263. The number of carboxylic acid groups (broad SMARTS) is 1. The third kappa shape index (κ3) is 4.91. The Labute approximate surface area is 140 Å². The first-order valence-electron chi connectivity index (χ1n) is 7.80. The third-order valence-electron chi connectivity index (χ3n) is 3.89. The minimum atomic E-state index is -0.988. The summed E-state index contributed by atoms with van der Waals surface area (Å²) in [5.74, 6) is -1.38. The largest absolute Gasteiger partial charge is 0.478 e. The van der Waals surface area contributed by atoms with E-state index in [1.54, 1.807) is 24.3 Å². The monoisotopic (exact) mass is 329 g/mol. The molecule has 0 spiro atoms. The maximum atomic E-state index is 13.0. The van der Waals surface area contributed by atoms with Crippen LogP contribution in [-0.4, -0.2) is 23.5 Å². The molecule has 24 heavy (non-hydrogen) atoms. The molecule has 1 amide bonds. The van der Waals surface area contributed by atoms with Gasteiger partial charge in [-0.15, -0.1) is 0 Å². The quantitative estimate of drug-likeness (QED) is 0.820. The number of hydrogen-bond acceptors (Lipinski definition) is 2. The number of carboxylic acids is 1. The average Bonchev–Trinajstić information content (AvgIpc) is 2.55. The van der Waals surface area contributed by atoms with Crippen molar-refractivity contribution in [3.05, 3.63) is 70.5 Å². The summed E-state index contributed by atoms with van der Waals surface area (Å²) in [5, 5.41) is 11.9. The maximum absolute atomic E-state index is 13.0. The molecule has 2 rings (SSSR count). The van der Waals surface area contributed by atoms with Gasteiger partial charge in [0.2, 0.25) is 5.91 Å². The Bertz CT molecular complexity index is 743. The Morgan fingerprint density at radius 3 is 2.54 bits per heavy atom. The van der Waals surface area contributed by atoms with Crippen LogP contribution >= 0.6 is 0 Å². The molecule has 0 saturated heterocycles. The lowest BCUT2D eigenvalue weighted by Crippen LogP contribution is -2.26. The number of carbonyl (C=O) groups excluding carboxylic acids is 1. The van der Waals surface area contributed by atoms with Crippen LogP contribution in [0.15, 0.2) is 42.5 Å². The molecule has 0 saturated carbocycles. The van der Waals surface area contributed by atoms with Crippen LogP contribution < -0.4 is 5.32 Å². The second-order valence-electron chi connectivity index (χ2n) is 5.63. The van der Waals surface area contributed by atoms with E-state index >= 15 is 0 Å². The smallest absolute Gasteiger partial charge is 0.335 e. The predicted molar refractivity (Wildman–Crippen MR) is 89.6 cm³/mol. The van der Waals surface area contributed by atoms with E-state index in [1.807, 2.05) is 6.92 Å². The molecule has 0 unspecified atom stereocenters. The summed E-state index contributed by atoms with van der Waals surface area (Å²) in [6.07, 6.45) is 1.24. The molecule has 0 aliphatic heterocycles. The van der Waals surface area contributed by atoms with E-state index in [0.29, 0.717) is 24.9 Å². The van der Waals surface area contributed by atoms with E-state index in [-0.39, 0.29) is 23.7 Å². The summed E-state index contributed by atoms with van der Waals surface area (Å²) in [5.41, 5.74) is 2.73. The number of rotatable bonds is 7. The number of benzene rings is 2. The van der Waals surface area contributed by atoms with Crippen molar-refractivity contribution in [3.8, 4) is 0 Å². The van der Waals surface area contributed by atoms with Gasteiger partial charge in [0.1, 0.15) is 5.82 Å². The van der Waals surface area contributed by atoms with Crippen LogP contribution in [-0.2, 0) is 17.6 Å². The van der Waals surface area contributed by atoms with E-state index in [0.717, 1.165) is 11.1 Å². The Balaban J connectivity index is 1.81. The number of aromatic carboxylic acids is 1. The van der Waals surface area contributed by atoms with Crippen molar-refractivity contribution in [1.29, 1.82) is 0 Å². The van der Waals surface area contributed by atoms with Crippen molar-refractivity contribution >= 4 is 11.9 Å². The minimum absolute atomic E-state index is 0.130. The SMILES string of the molecule is Cc1cc(F)ccc1CCNC(=O)CCc1ccccc1C(=O)O. The van der Waals surface area contributed by atoms with Gasteiger partial charge >= 0.3 is 5.97 Å². The molecule has 0 fully saturated rings. The topological polar surface area (TPSA) is 66.4 Å². The highest BCUT2D eigenvalue weighted by atomic mass is 19.1.